The van der Waals surface area contributed by atoms with Gasteiger partial charge in [-0.05, 0) is 0 Å². The van der Waals surface area contributed by atoms with E-state index < -0.39 is 0 Å². The molecule has 0 aromatic heterocycles. The Morgan fingerprint density at radius 1 is 0.444 bits per heavy atom. The Morgan fingerprint density at radius 3 is 0.444 bits per heavy atom. The Kier molecular flexibility index (Phi) is 5700. The molecule has 0 aliphatic rings. The molecular formula is F6LiNaZr. The molecule has 0 aromatic rings. The van der Waals surface area contributed by atoms with E-state index >= 15 is 0 Å². The van der Waals surface area contributed by atoms with Crippen LogP contribution in [0.1, 0.15) is 0 Å². The minimum absolute atomic E-state index is 0. The van der Waals surface area contributed by atoms with Gasteiger partial charge in [0.15, 0.2) is 0 Å². The smallest absolute Gasteiger partial charge is 1.00 e. The van der Waals surface area contributed by atoms with Crippen molar-refractivity contribution < 1.29 is 103 Å². The van der Waals surface area contributed by atoms with Crippen molar-refractivity contribution in [3.05, 3.63) is 0 Å². The summed E-state index contributed by atoms with van der Waals surface area (Å²) in [6.07, 6.45) is 0. The normalized spacial score (nSPS) is 0. The summed E-state index contributed by atoms with van der Waals surface area (Å²) in [5.74, 6) is 0. The summed E-state index contributed by atoms with van der Waals surface area (Å²) in [6.45, 7) is 0. The predicted octanol–water partition coefficient (Wildman–Crippen LogP) is -24.0. The Bertz CT molecular complexity index is 13.0. The fourth-order valence-electron chi connectivity index (χ4n) is 0. The Hall–Kier alpha value is 2.06. The number of hydrogen-bond acceptors (Lipinski definition) is 0. The predicted molar refractivity (Wildman–Crippen MR) is 0 cm³/mol. The molecule has 0 atom stereocenters. The minimum atomic E-state index is 0. The maximum Gasteiger partial charge on any atom is 4.00 e. The molecule has 0 bridgehead atoms. The van der Waals surface area contributed by atoms with Crippen molar-refractivity contribution in [2.45, 2.75) is 0 Å². The van der Waals surface area contributed by atoms with Crippen LogP contribution >= 0.6 is 0 Å². The van der Waals surface area contributed by atoms with Crippen LogP contribution in [0, 0.1) is 0 Å². The summed E-state index contributed by atoms with van der Waals surface area (Å²) in [5, 5.41) is 0. The van der Waals surface area contributed by atoms with E-state index in [1.54, 1.807) is 0 Å². The van der Waals surface area contributed by atoms with E-state index in [0.717, 1.165) is 0 Å². The third-order valence-corrected chi connectivity index (χ3v) is 0. The molecular weight excluding hydrogens is 235 g/mol. The van der Waals surface area contributed by atoms with Crippen LogP contribution in [-0.4, -0.2) is 0 Å². The first-order valence-corrected chi connectivity index (χ1v) is 0. The molecule has 0 aromatic carbocycles. The zero-order valence-corrected chi connectivity index (χ0v) is 9.23. The molecule has 0 amide bonds. The van der Waals surface area contributed by atoms with Gasteiger partial charge in [-0.2, -0.15) is 0 Å². The number of halogens is 6. The molecule has 0 heterocycles. The first kappa shape index (κ1) is 264. The Labute approximate surface area is 102 Å². The van der Waals surface area contributed by atoms with Crippen LogP contribution in [0.25, 0.3) is 0 Å². The van der Waals surface area contributed by atoms with Crippen LogP contribution in [0.5, 0.6) is 0 Å². The summed E-state index contributed by atoms with van der Waals surface area (Å²) in [4.78, 5) is 0. The van der Waals surface area contributed by atoms with E-state index in [-0.39, 0.29) is 103 Å². The molecule has 0 unspecified atom stereocenters. The van der Waals surface area contributed by atoms with Gasteiger partial charge < -0.3 is 28.2 Å². The van der Waals surface area contributed by atoms with Crippen LogP contribution in [0.15, 0.2) is 0 Å². The Morgan fingerprint density at radius 2 is 0.444 bits per heavy atom. The van der Waals surface area contributed by atoms with Gasteiger partial charge in [-0.1, -0.05) is 0 Å². The fraction of sp³-hybridized carbons (Fsp3) is 0. The van der Waals surface area contributed by atoms with E-state index in [1.807, 2.05) is 0 Å². The molecule has 0 aliphatic carbocycles. The maximum absolute atomic E-state index is 0. The zero-order valence-electron chi connectivity index (χ0n) is 4.77. The minimum Gasteiger partial charge on any atom is -1.00 e. The Balaban J connectivity index is 0. The summed E-state index contributed by atoms with van der Waals surface area (Å²) in [5.41, 5.74) is 0. The van der Waals surface area contributed by atoms with Gasteiger partial charge in [0.2, 0.25) is 0 Å². The molecule has 0 nitrogen and oxygen atoms in total. The molecule has 0 rings (SSSR count). The second-order valence-corrected chi connectivity index (χ2v) is 0. The van der Waals surface area contributed by atoms with Crippen LogP contribution in [0.2, 0.25) is 0 Å². The van der Waals surface area contributed by atoms with Crippen molar-refractivity contribution in [3.63, 3.8) is 0 Å². The third-order valence-electron chi connectivity index (χ3n) is 0. The fourth-order valence-corrected chi connectivity index (χ4v) is 0. The van der Waals surface area contributed by atoms with Gasteiger partial charge in [-0.15, -0.1) is 0 Å². The molecule has 0 saturated heterocycles. The van der Waals surface area contributed by atoms with E-state index in [2.05, 4.69) is 0 Å². The van der Waals surface area contributed by atoms with Crippen LogP contribution < -0.4 is 76.6 Å². The average Bonchev–Trinajstić information content (AvgIpc) is 0. The monoisotopic (exact) mass is 234 g/mol. The molecule has 0 N–H and O–H groups in total. The summed E-state index contributed by atoms with van der Waals surface area (Å²) in [6, 6.07) is 0. The molecule has 0 aliphatic heterocycles. The van der Waals surface area contributed by atoms with Gasteiger partial charge in [-0.25, -0.2) is 0 Å². The second kappa shape index (κ2) is 195. The molecule has 9 heteroatoms. The molecule has 48 valence electrons. The first-order valence-electron chi connectivity index (χ1n) is 0. The summed E-state index contributed by atoms with van der Waals surface area (Å²) < 4.78 is 0. The molecule has 0 fully saturated rings. The van der Waals surface area contributed by atoms with Crippen LogP contribution in [0.4, 0.5) is 0 Å². The van der Waals surface area contributed by atoms with Gasteiger partial charge >= 0.3 is 74.6 Å². The standard InChI is InChI=1S/6FH.Li.Na.Zr/h6*1H;;;/q;;;;;;2*+1;+4/p-6. The van der Waals surface area contributed by atoms with Gasteiger partial charge in [0.05, 0.1) is 0 Å². The number of rotatable bonds is 0. The van der Waals surface area contributed by atoms with Crippen molar-refractivity contribution in [3.8, 4) is 0 Å². The van der Waals surface area contributed by atoms with E-state index in [0.29, 0.717) is 0 Å². The van der Waals surface area contributed by atoms with Crippen molar-refractivity contribution in [2.75, 3.05) is 0 Å². The molecule has 0 radical (unpaired) electrons. The second-order valence-electron chi connectivity index (χ2n) is 0. The molecule has 0 saturated carbocycles. The van der Waals surface area contributed by atoms with Crippen molar-refractivity contribution in [2.24, 2.45) is 0 Å². The van der Waals surface area contributed by atoms with Crippen molar-refractivity contribution >= 4 is 0 Å². The number of hydrogen-bond donors (Lipinski definition) is 0. The zero-order chi connectivity index (χ0) is 0. The van der Waals surface area contributed by atoms with Crippen molar-refractivity contribution in [1.29, 1.82) is 0 Å². The van der Waals surface area contributed by atoms with Gasteiger partial charge in [-0.3, -0.25) is 0 Å². The average molecular weight is 235 g/mol. The van der Waals surface area contributed by atoms with Gasteiger partial charge in [0.25, 0.3) is 0 Å². The SMILES string of the molecule is [F-].[F-].[F-].[F-].[F-].[F-].[Li+].[Na+].[Zr+4]. The first-order chi connectivity index (χ1) is 0. The molecule has 0 spiro atoms. The molecule has 9 heavy (non-hydrogen) atoms. The van der Waals surface area contributed by atoms with Crippen molar-refractivity contribution in [1.82, 2.24) is 0 Å². The topological polar surface area (TPSA) is 0 Å². The largest absolute Gasteiger partial charge is 4.00 e. The summed E-state index contributed by atoms with van der Waals surface area (Å²) >= 11 is 0. The summed E-state index contributed by atoms with van der Waals surface area (Å²) in [7, 11) is 0. The van der Waals surface area contributed by atoms with Gasteiger partial charge in [0, 0.05) is 0 Å². The van der Waals surface area contributed by atoms with E-state index in [4.69, 9.17) is 0 Å². The van der Waals surface area contributed by atoms with Crippen LogP contribution in [0.3, 0.4) is 0 Å². The van der Waals surface area contributed by atoms with Crippen LogP contribution in [-0.2, 0) is 26.2 Å². The quantitative estimate of drug-likeness (QED) is 0.289. The third kappa shape index (κ3) is 154. The van der Waals surface area contributed by atoms with E-state index in [1.165, 1.54) is 0 Å². The van der Waals surface area contributed by atoms with Gasteiger partial charge in [0.1, 0.15) is 0 Å². The van der Waals surface area contributed by atoms with E-state index in [9.17, 15) is 0 Å². The maximum atomic E-state index is 0.